The Kier molecular flexibility index (Phi) is 5.15. The molecule has 0 aliphatic carbocycles. The molecule has 0 radical (unpaired) electrons. The third-order valence-electron chi connectivity index (χ3n) is 3.65. The molecule has 5 heteroatoms. The summed E-state index contributed by atoms with van der Waals surface area (Å²) in [5.74, 6) is 0. The topological polar surface area (TPSA) is 82.3 Å². The van der Waals surface area contributed by atoms with Gasteiger partial charge in [-0.1, -0.05) is 36.4 Å². The Morgan fingerprint density at radius 2 is 1.72 bits per heavy atom. The molecule has 0 saturated heterocycles. The van der Waals surface area contributed by atoms with Gasteiger partial charge in [0.1, 0.15) is 6.07 Å². The van der Waals surface area contributed by atoms with Crippen molar-refractivity contribution < 1.29 is 14.6 Å². The van der Waals surface area contributed by atoms with E-state index in [0.717, 1.165) is 16.7 Å². The van der Waals surface area contributed by atoms with Gasteiger partial charge < -0.3 is 9.84 Å². The second-order valence-electron chi connectivity index (χ2n) is 6.85. The van der Waals surface area contributed by atoms with Gasteiger partial charge in [0.25, 0.3) is 0 Å². The highest BCUT2D eigenvalue weighted by atomic mass is 16.6. The van der Waals surface area contributed by atoms with Gasteiger partial charge in [0.05, 0.1) is 5.60 Å². The summed E-state index contributed by atoms with van der Waals surface area (Å²) in [6.45, 7) is 6.52. The minimum absolute atomic E-state index is 0.572. The van der Waals surface area contributed by atoms with E-state index in [-0.39, 0.29) is 0 Å². The van der Waals surface area contributed by atoms with Gasteiger partial charge in [0.2, 0.25) is 0 Å². The van der Waals surface area contributed by atoms with Gasteiger partial charge in [0.15, 0.2) is 5.60 Å². The zero-order valence-electron chi connectivity index (χ0n) is 14.8. The first-order chi connectivity index (χ1) is 11.6. The third-order valence-corrected chi connectivity index (χ3v) is 3.65. The Hall–Kier alpha value is -2.84. The van der Waals surface area contributed by atoms with Crippen LogP contribution < -0.4 is 5.32 Å². The van der Waals surface area contributed by atoms with E-state index in [1.165, 1.54) is 13.8 Å². The summed E-state index contributed by atoms with van der Waals surface area (Å²) in [7, 11) is 0. The molecule has 2 aromatic carbocycles. The molecule has 0 aliphatic rings. The van der Waals surface area contributed by atoms with E-state index in [9.17, 15) is 9.90 Å². The highest BCUT2D eigenvalue weighted by Crippen LogP contribution is 2.26. The zero-order valence-corrected chi connectivity index (χ0v) is 14.8. The Balaban J connectivity index is 2.16. The zero-order chi connectivity index (χ0) is 18.7. The summed E-state index contributed by atoms with van der Waals surface area (Å²) >= 11 is 0. The van der Waals surface area contributed by atoms with Gasteiger partial charge in [-0.25, -0.2) is 4.79 Å². The molecular formula is C20H22N2O3. The number of benzene rings is 2. The van der Waals surface area contributed by atoms with Crippen molar-refractivity contribution in [2.45, 2.75) is 38.9 Å². The average molecular weight is 338 g/mol. The molecule has 0 fully saturated rings. The first kappa shape index (κ1) is 18.5. The van der Waals surface area contributed by atoms with Gasteiger partial charge in [-0.15, -0.1) is 0 Å². The van der Waals surface area contributed by atoms with E-state index in [2.05, 4.69) is 5.32 Å². The van der Waals surface area contributed by atoms with Crippen LogP contribution >= 0.6 is 0 Å². The van der Waals surface area contributed by atoms with Crippen LogP contribution in [0.25, 0.3) is 11.1 Å². The van der Waals surface area contributed by atoms with Gasteiger partial charge in [-0.05, 0) is 56.5 Å². The Morgan fingerprint density at radius 3 is 2.28 bits per heavy atom. The molecule has 0 aliphatic heterocycles. The summed E-state index contributed by atoms with van der Waals surface area (Å²) in [6.07, 6.45) is -0.680. The van der Waals surface area contributed by atoms with Crippen LogP contribution in [0.5, 0.6) is 0 Å². The molecule has 0 atom stereocenters. The number of hydrogen-bond donors (Lipinski definition) is 2. The minimum atomic E-state index is -1.19. The summed E-state index contributed by atoms with van der Waals surface area (Å²) < 4.78 is 5.05. The lowest BCUT2D eigenvalue weighted by Gasteiger charge is -2.18. The monoisotopic (exact) mass is 338 g/mol. The molecule has 0 bridgehead atoms. The Bertz CT molecular complexity index is 797. The van der Waals surface area contributed by atoms with Crippen LogP contribution in [0.15, 0.2) is 48.5 Å². The van der Waals surface area contributed by atoms with Crippen molar-refractivity contribution in [3.63, 3.8) is 0 Å². The highest BCUT2D eigenvalue weighted by molar-refractivity contribution is 5.86. The number of aliphatic hydroxyl groups is 1. The van der Waals surface area contributed by atoms with Crippen molar-refractivity contribution in [2.24, 2.45) is 0 Å². The maximum Gasteiger partial charge on any atom is 0.413 e. The first-order valence-electron chi connectivity index (χ1n) is 7.95. The highest BCUT2D eigenvalue weighted by Gasteiger charge is 2.22. The van der Waals surface area contributed by atoms with Crippen LogP contribution in [-0.4, -0.2) is 16.8 Å². The maximum atomic E-state index is 11.9. The fourth-order valence-corrected chi connectivity index (χ4v) is 2.24. The molecule has 2 N–H and O–H groups in total. The Morgan fingerprint density at radius 1 is 1.08 bits per heavy atom. The van der Waals surface area contributed by atoms with Crippen molar-refractivity contribution in [3.05, 3.63) is 54.1 Å². The van der Waals surface area contributed by atoms with Crippen LogP contribution in [0.4, 0.5) is 10.5 Å². The van der Waals surface area contributed by atoms with Gasteiger partial charge in [0, 0.05) is 5.69 Å². The second-order valence-corrected chi connectivity index (χ2v) is 6.85. The molecule has 1 amide bonds. The average Bonchev–Trinajstić information content (AvgIpc) is 2.54. The van der Waals surface area contributed by atoms with Gasteiger partial charge in [-0.3, -0.25) is 5.32 Å². The summed E-state index contributed by atoms with van der Waals surface area (Å²) in [5.41, 5.74) is 1.20. The number of nitrogens with one attached hydrogen (secondary N) is 1. The normalized spacial score (nSPS) is 11.5. The fourth-order valence-electron chi connectivity index (χ4n) is 2.24. The third kappa shape index (κ3) is 5.07. The number of rotatable bonds is 4. The quantitative estimate of drug-likeness (QED) is 0.864. The summed E-state index contributed by atoms with van der Waals surface area (Å²) in [6, 6.07) is 16.8. The van der Waals surface area contributed by atoms with Crippen molar-refractivity contribution in [1.29, 1.82) is 5.26 Å². The SMILES string of the molecule is CC(C)(C#N)OC(=O)Nc1cccc(-c2ccc(C(C)(C)O)cc2)c1. The molecule has 0 heterocycles. The van der Waals surface area contributed by atoms with Crippen LogP contribution in [-0.2, 0) is 10.3 Å². The smallest absolute Gasteiger partial charge is 0.413 e. The van der Waals surface area contributed by atoms with E-state index in [1.54, 1.807) is 19.9 Å². The van der Waals surface area contributed by atoms with Crippen molar-refractivity contribution >= 4 is 11.8 Å². The summed E-state index contributed by atoms with van der Waals surface area (Å²) in [4.78, 5) is 11.9. The molecule has 0 saturated carbocycles. The predicted molar refractivity (Wildman–Crippen MR) is 96.9 cm³/mol. The number of carbonyl (C=O) groups is 1. The fraction of sp³-hybridized carbons (Fsp3) is 0.300. The van der Waals surface area contributed by atoms with E-state index in [0.29, 0.717) is 5.69 Å². The predicted octanol–water partition coefficient (Wildman–Crippen LogP) is 4.43. The number of amides is 1. The largest absolute Gasteiger partial charge is 0.428 e. The van der Waals surface area contributed by atoms with Crippen LogP contribution in [0, 0.1) is 11.3 Å². The number of hydrogen-bond acceptors (Lipinski definition) is 4. The van der Waals surface area contributed by atoms with Crippen LogP contribution in [0.1, 0.15) is 33.3 Å². The van der Waals surface area contributed by atoms with E-state index in [4.69, 9.17) is 10.00 Å². The second kappa shape index (κ2) is 6.96. The van der Waals surface area contributed by atoms with Gasteiger partial charge in [-0.2, -0.15) is 5.26 Å². The standard InChI is InChI=1S/C20H22N2O3/c1-19(2,13-21)25-18(23)22-17-7-5-6-15(12-17)14-8-10-16(11-9-14)20(3,4)24/h5-12,24H,1-4H3,(H,22,23). The first-order valence-corrected chi connectivity index (χ1v) is 7.95. The van der Waals surface area contributed by atoms with E-state index < -0.39 is 17.3 Å². The molecule has 5 nitrogen and oxygen atoms in total. The number of carbonyl (C=O) groups excluding carboxylic acids is 1. The number of ether oxygens (including phenoxy) is 1. The van der Waals surface area contributed by atoms with Crippen molar-refractivity contribution in [3.8, 4) is 17.2 Å². The minimum Gasteiger partial charge on any atom is -0.428 e. The molecule has 0 aromatic heterocycles. The van der Waals surface area contributed by atoms with E-state index in [1.807, 2.05) is 48.5 Å². The van der Waals surface area contributed by atoms with E-state index >= 15 is 0 Å². The molecule has 130 valence electrons. The molecule has 2 rings (SSSR count). The lowest BCUT2D eigenvalue weighted by atomic mass is 9.95. The van der Waals surface area contributed by atoms with Crippen LogP contribution in [0.2, 0.25) is 0 Å². The molecule has 2 aromatic rings. The number of anilines is 1. The maximum absolute atomic E-state index is 11.9. The lowest BCUT2D eigenvalue weighted by Crippen LogP contribution is -2.28. The molecule has 25 heavy (non-hydrogen) atoms. The molecular weight excluding hydrogens is 316 g/mol. The van der Waals surface area contributed by atoms with Crippen molar-refractivity contribution in [1.82, 2.24) is 0 Å². The summed E-state index contributed by atoms with van der Waals surface area (Å²) in [5, 5.41) is 21.6. The number of nitriles is 1. The molecule has 0 spiro atoms. The van der Waals surface area contributed by atoms with Crippen LogP contribution in [0.3, 0.4) is 0 Å². The van der Waals surface area contributed by atoms with Crippen molar-refractivity contribution in [2.75, 3.05) is 5.32 Å². The van der Waals surface area contributed by atoms with Gasteiger partial charge >= 0.3 is 6.09 Å². The lowest BCUT2D eigenvalue weighted by molar-refractivity contribution is 0.0785. The number of nitrogens with zero attached hydrogens (tertiary/aromatic N) is 1. The molecule has 0 unspecified atom stereocenters. The Labute approximate surface area is 147 Å².